The van der Waals surface area contributed by atoms with E-state index in [4.69, 9.17) is 11.3 Å². The summed E-state index contributed by atoms with van der Waals surface area (Å²) in [6.45, 7) is 12.4. The minimum Gasteiger partial charge on any atom is -0.371 e. The largest absolute Gasteiger partial charge is 0.371 e. The highest BCUT2D eigenvalue weighted by molar-refractivity contribution is 5.51. The van der Waals surface area contributed by atoms with Crippen LogP contribution in [0, 0.1) is 6.57 Å². The van der Waals surface area contributed by atoms with Gasteiger partial charge >= 0.3 is 0 Å². The van der Waals surface area contributed by atoms with Gasteiger partial charge in [0.25, 0.3) is 0 Å². The topological polar surface area (TPSA) is 16.8 Å². The van der Waals surface area contributed by atoms with Crippen LogP contribution in [0.1, 0.15) is 37.0 Å². The summed E-state index contributed by atoms with van der Waals surface area (Å²) in [7, 11) is 0. The van der Waals surface area contributed by atoms with Crippen molar-refractivity contribution in [1.29, 1.82) is 0 Å². The lowest BCUT2D eigenvalue weighted by molar-refractivity contribution is -0.0800. The summed E-state index contributed by atoms with van der Waals surface area (Å²) < 4.78 is 6.04. The van der Waals surface area contributed by atoms with Crippen LogP contribution >= 0.6 is 0 Å². The van der Waals surface area contributed by atoms with E-state index >= 15 is 0 Å². The van der Waals surface area contributed by atoms with Crippen LogP contribution in [-0.4, -0.2) is 30.6 Å². The van der Waals surface area contributed by atoms with E-state index in [9.17, 15) is 0 Å². The van der Waals surface area contributed by atoms with Crippen LogP contribution in [0.5, 0.6) is 0 Å². The van der Waals surface area contributed by atoms with Gasteiger partial charge in [-0.3, -0.25) is 4.90 Å². The lowest BCUT2D eigenvalue weighted by Crippen LogP contribution is -2.49. The van der Waals surface area contributed by atoms with Crippen molar-refractivity contribution in [3.05, 3.63) is 40.7 Å². The number of aryl methyl sites for hydroxylation is 1. The number of ether oxygens (including phenoxy) is 1. The van der Waals surface area contributed by atoms with Gasteiger partial charge in [0, 0.05) is 12.6 Å². The minimum atomic E-state index is 0.172. The van der Waals surface area contributed by atoms with E-state index in [1.807, 2.05) is 12.1 Å². The Balaban J connectivity index is 1.93. The summed E-state index contributed by atoms with van der Waals surface area (Å²) in [5.41, 5.74) is 3.35. The molecule has 3 rings (SSSR count). The van der Waals surface area contributed by atoms with Crippen LogP contribution in [0.2, 0.25) is 0 Å². The molecule has 19 heavy (non-hydrogen) atoms. The molecule has 3 heteroatoms. The molecule has 0 bridgehead atoms. The second kappa shape index (κ2) is 5.32. The molecular formula is C16H20N2O. The lowest BCUT2D eigenvalue weighted by Gasteiger charge is -2.44. The molecule has 1 aromatic carbocycles. The summed E-state index contributed by atoms with van der Waals surface area (Å²) in [6, 6.07) is 6.58. The first-order valence-corrected chi connectivity index (χ1v) is 7.19. The van der Waals surface area contributed by atoms with Crippen molar-refractivity contribution in [3.63, 3.8) is 0 Å². The second-order valence-electron chi connectivity index (χ2n) is 5.43. The fraction of sp³-hybridized carbons (Fsp3) is 0.562. The highest BCUT2D eigenvalue weighted by Crippen LogP contribution is 2.39. The molecule has 2 aliphatic rings. The van der Waals surface area contributed by atoms with Crippen LogP contribution in [-0.2, 0) is 11.2 Å². The van der Waals surface area contributed by atoms with Gasteiger partial charge in [-0.05, 0) is 36.9 Å². The van der Waals surface area contributed by atoms with E-state index in [-0.39, 0.29) is 6.10 Å². The highest BCUT2D eigenvalue weighted by atomic mass is 16.5. The molecule has 1 aliphatic heterocycles. The molecule has 0 saturated carbocycles. The molecule has 0 aromatic heterocycles. The lowest BCUT2D eigenvalue weighted by atomic mass is 9.84. The van der Waals surface area contributed by atoms with Crippen molar-refractivity contribution in [3.8, 4) is 0 Å². The van der Waals surface area contributed by atoms with Gasteiger partial charge in [-0.2, -0.15) is 0 Å². The summed E-state index contributed by atoms with van der Waals surface area (Å²) in [6.07, 6.45) is 3.65. The third kappa shape index (κ3) is 2.27. The van der Waals surface area contributed by atoms with E-state index in [2.05, 4.69) is 22.7 Å². The summed E-state index contributed by atoms with van der Waals surface area (Å²) in [5.74, 6) is 0. The van der Waals surface area contributed by atoms with Crippen LogP contribution < -0.4 is 0 Å². The number of morpholine rings is 1. The fourth-order valence-electron chi connectivity index (χ4n) is 3.41. The van der Waals surface area contributed by atoms with Crippen LogP contribution in [0.15, 0.2) is 18.2 Å². The maximum absolute atomic E-state index is 7.17. The first-order chi connectivity index (χ1) is 9.33. The molecule has 2 atom stereocenters. The van der Waals surface area contributed by atoms with Gasteiger partial charge in [0.15, 0.2) is 5.69 Å². The van der Waals surface area contributed by atoms with Gasteiger partial charge in [-0.15, -0.1) is 0 Å². The Bertz CT molecular complexity index is 504. The van der Waals surface area contributed by atoms with Crippen molar-refractivity contribution in [2.75, 3.05) is 19.7 Å². The zero-order valence-electron chi connectivity index (χ0n) is 11.4. The molecule has 3 nitrogen and oxygen atoms in total. The molecule has 1 fully saturated rings. The van der Waals surface area contributed by atoms with Gasteiger partial charge in [0.05, 0.1) is 19.3 Å². The van der Waals surface area contributed by atoms with Gasteiger partial charge < -0.3 is 4.74 Å². The van der Waals surface area contributed by atoms with Crippen LogP contribution in [0.25, 0.3) is 4.85 Å². The molecule has 1 saturated heterocycles. The maximum Gasteiger partial charge on any atom is 0.187 e. The Morgan fingerprint density at radius 2 is 2.37 bits per heavy atom. The summed E-state index contributed by atoms with van der Waals surface area (Å²) in [4.78, 5) is 6.12. The Hall–Kier alpha value is -1.37. The fourth-order valence-corrected chi connectivity index (χ4v) is 3.41. The van der Waals surface area contributed by atoms with Crippen LogP contribution in [0.4, 0.5) is 5.69 Å². The number of fused-ring (bicyclic) bond motifs is 3. The highest BCUT2D eigenvalue weighted by Gasteiger charge is 2.36. The Kier molecular flexibility index (Phi) is 3.54. The maximum atomic E-state index is 7.17. The first kappa shape index (κ1) is 12.7. The van der Waals surface area contributed by atoms with Gasteiger partial charge in [-0.1, -0.05) is 25.1 Å². The molecule has 100 valence electrons. The predicted octanol–water partition coefficient (Wildman–Crippen LogP) is 3.34. The number of hydrogen-bond acceptors (Lipinski definition) is 2. The van der Waals surface area contributed by atoms with E-state index in [1.54, 1.807) is 0 Å². The molecule has 0 radical (unpaired) electrons. The zero-order valence-corrected chi connectivity index (χ0v) is 11.4. The molecule has 0 amide bonds. The van der Waals surface area contributed by atoms with Crippen molar-refractivity contribution < 1.29 is 4.74 Å². The van der Waals surface area contributed by atoms with Crippen molar-refractivity contribution >= 4 is 5.69 Å². The molecule has 1 aliphatic carbocycles. The zero-order chi connectivity index (χ0) is 13.2. The Morgan fingerprint density at radius 3 is 3.16 bits per heavy atom. The Morgan fingerprint density at radius 1 is 1.47 bits per heavy atom. The van der Waals surface area contributed by atoms with Gasteiger partial charge in [0.2, 0.25) is 0 Å². The standard InChI is InChI=1S/C16H20N2O/c1-3-8-18-9-10-19-16-14-11-13(17-2)6-4-12(14)5-7-15(16)18/h4,6,11,15-16H,3,5,7-10H2,1H3. The normalized spacial score (nSPS) is 26.3. The number of nitrogens with zero attached hydrogens (tertiary/aromatic N) is 2. The van der Waals surface area contributed by atoms with Crippen LogP contribution in [0.3, 0.4) is 0 Å². The minimum absolute atomic E-state index is 0.172. The monoisotopic (exact) mass is 256 g/mol. The van der Waals surface area contributed by atoms with E-state index in [0.717, 1.165) is 31.8 Å². The number of benzene rings is 1. The van der Waals surface area contributed by atoms with Crippen molar-refractivity contribution in [1.82, 2.24) is 4.90 Å². The first-order valence-electron chi connectivity index (χ1n) is 7.19. The third-order valence-electron chi connectivity index (χ3n) is 4.28. The molecule has 0 spiro atoms. The Labute approximate surface area is 115 Å². The molecular weight excluding hydrogens is 236 g/mol. The second-order valence-corrected chi connectivity index (χ2v) is 5.43. The van der Waals surface area contributed by atoms with E-state index in [0.29, 0.717) is 6.04 Å². The predicted molar refractivity (Wildman–Crippen MR) is 75.4 cm³/mol. The molecule has 0 N–H and O–H groups in total. The quantitative estimate of drug-likeness (QED) is 0.755. The average Bonchev–Trinajstić information content (AvgIpc) is 2.47. The van der Waals surface area contributed by atoms with E-state index in [1.165, 1.54) is 24.0 Å². The SMILES string of the molecule is [C-]#[N+]c1ccc2c(c1)C1OCCN(CCC)C1CC2. The molecule has 1 heterocycles. The smallest absolute Gasteiger partial charge is 0.187 e. The summed E-state index contributed by atoms with van der Waals surface area (Å²) >= 11 is 0. The number of rotatable bonds is 2. The summed E-state index contributed by atoms with van der Waals surface area (Å²) in [5, 5.41) is 0. The van der Waals surface area contributed by atoms with E-state index < -0.39 is 0 Å². The molecule has 1 aromatic rings. The van der Waals surface area contributed by atoms with Gasteiger partial charge in [-0.25, -0.2) is 4.85 Å². The third-order valence-corrected chi connectivity index (χ3v) is 4.28. The van der Waals surface area contributed by atoms with Crippen molar-refractivity contribution in [2.45, 2.75) is 38.3 Å². The van der Waals surface area contributed by atoms with Crippen molar-refractivity contribution in [2.24, 2.45) is 0 Å². The average molecular weight is 256 g/mol. The van der Waals surface area contributed by atoms with Gasteiger partial charge in [0.1, 0.15) is 0 Å². The number of hydrogen-bond donors (Lipinski definition) is 0. The molecule has 2 unspecified atom stereocenters.